The zero-order chi connectivity index (χ0) is 9.19. The molecule has 1 saturated heterocycles. The van der Waals surface area contributed by atoms with Gasteiger partial charge in [0, 0.05) is 32.5 Å². The average molecular weight is 171 g/mol. The number of hydrogen-bond donors (Lipinski definition) is 0. The highest BCUT2D eigenvalue weighted by Crippen LogP contribution is 2.29. The van der Waals surface area contributed by atoms with Gasteiger partial charge in [-0.2, -0.15) is 0 Å². The fraction of sp³-hybridized carbons (Fsp3) is 0.889. The molecule has 1 atom stereocenters. The number of methoxy groups -OCH3 is 1. The van der Waals surface area contributed by atoms with Gasteiger partial charge in [0.25, 0.3) is 0 Å². The van der Waals surface area contributed by atoms with Crippen molar-refractivity contribution in [1.29, 1.82) is 0 Å². The second-order valence-corrected chi connectivity index (χ2v) is 3.93. The molecule has 0 aliphatic carbocycles. The largest absolute Gasteiger partial charge is 0.384 e. The summed E-state index contributed by atoms with van der Waals surface area (Å²) in [6, 6.07) is 0. The van der Waals surface area contributed by atoms with Crippen LogP contribution < -0.4 is 0 Å². The van der Waals surface area contributed by atoms with Crippen molar-refractivity contribution in [2.75, 3.05) is 26.8 Å². The Morgan fingerprint density at radius 3 is 2.75 bits per heavy atom. The van der Waals surface area contributed by atoms with Crippen LogP contribution in [0.1, 0.15) is 20.3 Å². The van der Waals surface area contributed by atoms with E-state index >= 15 is 0 Å². The summed E-state index contributed by atoms with van der Waals surface area (Å²) in [5, 5.41) is 0. The van der Waals surface area contributed by atoms with Crippen LogP contribution in [-0.4, -0.2) is 37.6 Å². The zero-order valence-corrected chi connectivity index (χ0v) is 8.09. The van der Waals surface area contributed by atoms with Gasteiger partial charge in [0.2, 0.25) is 5.91 Å². The number of carbonyl (C=O) groups excluding carboxylic acids is 1. The Balaban J connectivity index is 2.48. The van der Waals surface area contributed by atoms with Crippen LogP contribution in [0.5, 0.6) is 0 Å². The molecule has 1 fully saturated rings. The Morgan fingerprint density at radius 2 is 2.33 bits per heavy atom. The van der Waals surface area contributed by atoms with Crippen LogP contribution in [0.2, 0.25) is 0 Å². The molecule has 1 aliphatic rings. The zero-order valence-electron chi connectivity index (χ0n) is 8.09. The lowest BCUT2D eigenvalue weighted by molar-refractivity contribution is -0.128. The monoisotopic (exact) mass is 171 g/mol. The van der Waals surface area contributed by atoms with Crippen molar-refractivity contribution in [3.05, 3.63) is 0 Å². The van der Waals surface area contributed by atoms with Gasteiger partial charge in [0.05, 0.1) is 6.61 Å². The molecule has 12 heavy (non-hydrogen) atoms. The van der Waals surface area contributed by atoms with Crippen LogP contribution in [0, 0.1) is 5.41 Å². The van der Waals surface area contributed by atoms with Crippen LogP contribution in [0.4, 0.5) is 0 Å². The summed E-state index contributed by atoms with van der Waals surface area (Å²) < 4.78 is 5.12. The molecular formula is C9H17NO2. The van der Waals surface area contributed by atoms with Crippen LogP contribution in [0.15, 0.2) is 0 Å². The van der Waals surface area contributed by atoms with E-state index in [2.05, 4.69) is 6.92 Å². The number of hydrogen-bond acceptors (Lipinski definition) is 2. The van der Waals surface area contributed by atoms with Crippen molar-refractivity contribution in [3.8, 4) is 0 Å². The Labute approximate surface area is 73.7 Å². The first-order chi connectivity index (χ1) is 5.57. The normalized spacial score (nSPS) is 29.4. The van der Waals surface area contributed by atoms with Crippen molar-refractivity contribution in [1.82, 2.24) is 4.90 Å². The van der Waals surface area contributed by atoms with Crippen molar-refractivity contribution in [2.45, 2.75) is 20.3 Å². The van der Waals surface area contributed by atoms with Gasteiger partial charge < -0.3 is 9.64 Å². The molecule has 0 radical (unpaired) electrons. The molecule has 0 saturated carbocycles. The summed E-state index contributed by atoms with van der Waals surface area (Å²) in [5.41, 5.74) is 0.181. The predicted molar refractivity (Wildman–Crippen MR) is 46.9 cm³/mol. The van der Waals surface area contributed by atoms with E-state index in [4.69, 9.17) is 4.74 Å². The van der Waals surface area contributed by atoms with Crippen LogP contribution in [0.3, 0.4) is 0 Å². The van der Waals surface area contributed by atoms with Crippen molar-refractivity contribution in [2.24, 2.45) is 5.41 Å². The molecular weight excluding hydrogens is 154 g/mol. The molecule has 0 bridgehead atoms. The first-order valence-corrected chi connectivity index (χ1v) is 4.32. The molecule has 1 rings (SSSR count). The Kier molecular flexibility index (Phi) is 2.73. The third-order valence-corrected chi connectivity index (χ3v) is 2.50. The van der Waals surface area contributed by atoms with Gasteiger partial charge in [-0.1, -0.05) is 6.92 Å². The minimum atomic E-state index is 0.176. The molecule has 1 aliphatic heterocycles. The highest BCUT2D eigenvalue weighted by Gasteiger charge is 2.34. The predicted octanol–water partition coefficient (Wildman–Crippen LogP) is 0.891. The summed E-state index contributed by atoms with van der Waals surface area (Å²) in [4.78, 5) is 12.9. The molecule has 3 nitrogen and oxygen atoms in total. The lowest BCUT2D eigenvalue weighted by atomic mass is 9.91. The molecule has 70 valence electrons. The van der Waals surface area contributed by atoms with E-state index in [-0.39, 0.29) is 11.3 Å². The standard InChI is InChI=1S/C9H17NO2/c1-8(11)10-5-4-9(2,6-10)7-12-3/h4-7H2,1-3H3/t9-/m1/s1. The van der Waals surface area contributed by atoms with E-state index in [0.29, 0.717) is 0 Å². The maximum Gasteiger partial charge on any atom is 0.219 e. The lowest BCUT2D eigenvalue weighted by Gasteiger charge is -2.22. The summed E-state index contributed by atoms with van der Waals surface area (Å²) in [7, 11) is 1.71. The number of carbonyl (C=O) groups is 1. The SMILES string of the molecule is COC[C@]1(C)CCN(C(C)=O)C1. The highest BCUT2D eigenvalue weighted by molar-refractivity contribution is 5.73. The van der Waals surface area contributed by atoms with E-state index in [1.165, 1.54) is 0 Å². The smallest absolute Gasteiger partial charge is 0.219 e. The van der Waals surface area contributed by atoms with Gasteiger partial charge in [0.15, 0.2) is 0 Å². The van der Waals surface area contributed by atoms with E-state index < -0.39 is 0 Å². The molecule has 0 aromatic carbocycles. The average Bonchev–Trinajstić information content (AvgIpc) is 2.33. The quantitative estimate of drug-likeness (QED) is 0.617. The second-order valence-electron chi connectivity index (χ2n) is 3.93. The number of nitrogens with zero attached hydrogens (tertiary/aromatic N) is 1. The third kappa shape index (κ3) is 1.97. The number of amides is 1. The maximum absolute atomic E-state index is 11.0. The van der Waals surface area contributed by atoms with Crippen LogP contribution in [-0.2, 0) is 9.53 Å². The van der Waals surface area contributed by atoms with E-state index in [1.807, 2.05) is 4.90 Å². The molecule has 0 aromatic heterocycles. The van der Waals surface area contributed by atoms with Gasteiger partial charge in [-0.15, -0.1) is 0 Å². The van der Waals surface area contributed by atoms with E-state index in [9.17, 15) is 4.79 Å². The van der Waals surface area contributed by atoms with Crippen molar-refractivity contribution < 1.29 is 9.53 Å². The number of ether oxygens (including phenoxy) is 1. The van der Waals surface area contributed by atoms with Gasteiger partial charge in [-0.25, -0.2) is 0 Å². The summed E-state index contributed by atoms with van der Waals surface area (Å²) in [6.07, 6.45) is 1.06. The van der Waals surface area contributed by atoms with Gasteiger partial charge in [-0.05, 0) is 6.42 Å². The molecule has 0 spiro atoms. The molecule has 0 N–H and O–H groups in total. The van der Waals surface area contributed by atoms with Gasteiger partial charge >= 0.3 is 0 Å². The Morgan fingerprint density at radius 1 is 1.67 bits per heavy atom. The molecule has 3 heteroatoms. The summed E-state index contributed by atoms with van der Waals surface area (Å²) in [5.74, 6) is 0.176. The molecule has 1 amide bonds. The minimum absolute atomic E-state index is 0.176. The van der Waals surface area contributed by atoms with Gasteiger partial charge in [0.1, 0.15) is 0 Å². The van der Waals surface area contributed by atoms with Crippen LogP contribution >= 0.6 is 0 Å². The van der Waals surface area contributed by atoms with Crippen molar-refractivity contribution in [3.63, 3.8) is 0 Å². The fourth-order valence-electron chi connectivity index (χ4n) is 1.76. The van der Waals surface area contributed by atoms with Gasteiger partial charge in [-0.3, -0.25) is 4.79 Å². The van der Waals surface area contributed by atoms with E-state index in [0.717, 1.165) is 26.1 Å². The fourth-order valence-corrected chi connectivity index (χ4v) is 1.76. The van der Waals surface area contributed by atoms with Crippen molar-refractivity contribution >= 4 is 5.91 Å². The first kappa shape index (κ1) is 9.52. The Bertz CT molecular complexity index is 181. The van der Waals surface area contributed by atoms with Crippen LogP contribution in [0.25, 0.3) is 0 Å². The maximum atomic E-state index is 11.0. The Hall–Kier alpha value is -0.570. The topological polar surface area (TPSA) is 29.5 Å². The molecule has 0 unspecified atom stereocenters. The molecule has 1 heterocycles. The summed E-state index contributed by atoms with van der Waals surface area (Å²) in [6.45, 7) is 6.26. The third-order valence-electron chi connectivity index (χ3n) is 2.50. The second kappa shape index (κ2) is 3.44. The number of likely N-dealkylation sites (tertiary alicyclic amines) is 1. The molecule has 0 aromatic rings. The summed E-state index contributed by atoms with van der Waals surface area (Å²) >= 11 is 0. The lowest BCUT2D eigenvalue weighted by Crippen LogP contribution is -2.31. The first-order valence-electron chi connectivity index (χ1n) is 4.32. The minimum Gasteiger partial charge on any atom is -0.384 e. The number of rotatable bonds is 2. The van der Waals surface area contributed by atoms with E-state index in [1.54, 1.807) is 14.0 Å². The highest BCUT2D eigenvalue weighted by atomic mass is 16.5.